The Morgan fingerprint density at radius 1 is 1.14 bits per heavy atom. The number of primary sulfonamides is 1. The van der Waals surface area contributed by atoms with Gasteiger partial charge in [0.05, 0.1) is 15.6 Å². The Hall–Kier alpha value is -2.98. The third kappa shape index (κ3) is 5.18. The molecule has 1 saturated heterocycles. The van der Waals surface area contributed by atoms with Crippen LogP contribution in [0.1, 0.15) is 30.0 Å². The van der Waals surface area contributed by atoms with Gasteiger partial charge < -0.3 is 15.2 Å². The molecule has 4 N–H and O–H groups in total. The minimum absolute atomic E-state index is 0.0842. The maximum Gasteiger partial charge on any atom is 0.238 e. The Kier molecular flexibility index (Phi) is 6.50. The Balaban J connectivity index is 1.40. The zero-order valence-electron chi connectivity index (χ0n) is 19.3. The van der Waals surface area contributed by atoms with Crippen LogP contribution in [0.3, 0.4) is 0 Å². The van der Waals surface area contributed by atoms with Crippen LogP contribution >= 0.6 is 11.6 Å². The molecule has 1 aliphatic rings. The van der Waals surface area contributed by atoms with Crippen molar-refractivity contribution < 1.29 is 8.42 Å². The number of hydrogen-bond acceptors (Lipinski definition) is 6. The van der Waals surface area contributed by atoms with Gasteiger partial charge in [0, 0.05) is 35.3 Å². The average molecular weight is 511 g/mol. The maximum atomic E-state index is 11.5. The molecule has 0 spiro atoms. The van der Waals surface area contributed by atoms with Gasteiger partial charge in [-0.2, -0.15) is 0 Å². The van der Waals surface area contributed by atoms with Gasteiger partial charge in [-0.1, -0.05) is 23.7 Å². The SMILES string of the molecule is CN1CCC(c2cc3c(-c4nc(NCc5ccc(S(N)(=O)=O)cc5)ccc4Cl)ccnc3[nH]2)CC1. The Morgan fingerprint density at radius 2 is 1.89 bits per heavy atom. The van der Waals surface area contributed by atoms with Crippen LogP contribution < -0.4 is 10.5 Å². The number of hydrogen-bond donors (Lipinski definition) is 3. The Bertz CT molecular complexity index is 1460. The lowest BCUT2D eigenvalue weighted by atomic mass is 9.93. The number of sulfonamides is 1. The lowest BCUT2D eigenvalue weighted by Crippen LogP contribution is -2.29. The third-order valence-corrected chi connectivity index (χ3v) is 7.77. The van der Waals surface area contributed by atoms with Gasteiger partial charge in [-0.05, 0) is 74.9 Å². The smallest absolute Gasteiger partial charge is 0.238 e. The minimum Gasteiger partial charge on any atom is -0.366 e. The van der Waals surface area contributed by atoms with Crippen molar-refractivity contribution >= 4 is 38.5 Å². The number of piperidine rings is 1. The van der Waals surface area contributed by atoms with Crippen LogP contribution in [-0.4, -0.2) is 48.4 Å². The van der Waals surface area contributed by atoms with Crippen molar-refractivity contribution in [2.75, 3.05) is 25.5 Å². The number of fused-ring (bicyclic) bond motifs is 1. The highest BCUT2D eigenvalue weighted by molar-refractivity contribution is 7.89. The van der Waals surface area contributed by atoms with Gasteiger partial charge >= 0.3 is 0 Å². The molecular formula is C25H27ClN6O2S. The zero-order valence-corrected chi connectivity index (χ0v) is 20.9. The summed E-state index contributed by atoms with van der Waals surface area (Å²) in [6.07, 6.45) is 4.02. The number of likely N-dealkylation sites (tertiary alicyclic amines) is 1. The van der Waals surface area contributed by atoms with Crippen molar-refractivity contribution in [2.24, 2.45) is 5.14 Å². The van der Waals surface area contributed by atoms with E-state index in [2.05, 4.69) is 33.3 Å². The first kappa shape index (κ1) is 23.7. The van der Waals surface area contributed by atoms with E-state index in [1.54, 1.807) is 18.3 Å². The van der Waals surface area contributed by atoms with Crippen LogP contribution in [0.4, 0.5) is 5.82 Å². The molecule has 3 aromatic heterocycles. The molecule has 0 aliphatic carbocycles. The van der Waals surface area contributed by atoms with E-state index in [0.717, 1.165) is 48.1 Å². The highest BCUT2D eigenvalue weighted by atomic mass is 35.5. The fraction of sp³-hybridized carbons (Fsp3) is 0.280. The summed E-state index contributed by atoms with van der Waals surface area (Å²) in [6, 6.07) is 14.2. The average Bonchev–Trinajstić information content (AvgIpc) is 3.28. The summed E-state index contributed by atoms with van der Waals surface area (Å²) >= 11 is 6.58. The predicted octanol–water partition coefficient (Wildman–Crippen LogP) is 4.35. The number of aromatic amines is 1. The first-order valence-electron chi connectivity index (χ1n) is 11.5. The Labute approximate surface area is 209 Å². The quantitative estimate of drug-likeness (QED) is 0.355. The third-order valence-electron chi connectivity index (χ3n) is 6.54. The molecule has 4 heterocycles. The van der Waals surface area contributed by atoms with Crippen LogP contribution in [0, 0.1) is 0 Å². The summed E-state index contributed by atoms with van der Waals surface area (Å²) in [5.41, 5.74) is 4.55. The van der Waals surface area contributed by atoms with Crippen molar-refractivity contribution in [2.45, 2.75) is 30.2 Å². The molecule has 1 fully saturated rings. The van der Waals surface area contributed by atoms with Gasteiger partial charge in [0.15, 0.2) is 0 Å². The summed E-state index contributed by atoms with van der Waals surface area (Å²) in [7, 11) is -1.55. The molecule has 0 amide bonds. The fourth-order valence-electron chi connectivity index (χ4n) is 4.51. The molecule has 4 aromatic rings. The van der Waals surface area contributed by atoms with Crippen LogP contribution in [-0.2, 0) is 16.6 Å². The molecule has 0 radical (unpaired) electrons. The number of benzene rings is 1. The first-order valence-corrected chi connectivity index (χ1v) is 13.4. The molecule has 182 valence electrons. The molecule has 10 heteroatoms. The van der Waals surface area contributed by atoms with E-state index in [-0.39, 0.29) is 4.90 Å². The number of nitrogens with two attached hydrogens (primary N) is 1. The van der Waals surface area contributed by atoms with Crippen molar-refractivity contribution in [1.82, 2.24) is 19.9 Å². The lowest BCUT2D eigenvalue weighted by Gasteiger charge is -2.28. The molecule has 0 saturated carbocycles. The van der Waals surface area contributed by atoms with Crippen LogP contribution in [0.25, 0.3) is 22.3 Å². The number of anilines is 1. The second-order valence-corrected chi connectivity index (χ2v) is 11.0. The lowest BCUT2D eigenvalue weighted by molar-refractivity contribution is 0.254. The number of nitrogens with zero attached hydrogens (tertiary/aromatic N) is 3. The topological polar surface area (TPSA) is 117 Å². The van der Waals surface area contributed by atoms with Gasteiger partial charge in [0.2, 0.25) is 10.0 Å². The number of nitrogens with one attached hydrogen (secondary N) is 2. The first-order chi connectivity index (χ1) is 16.8. The zero-order chi connectivity index (χ0) is 24.6. The molecule has 5 rings (SSSR count). The van der Waals surface area contributed by atoms with Crippen molar-refractivity contribution in [1.29, 1.82) is 0 Å². The summed E-state index contributed by atoms with van der Waals surface area (Å²) in [5.74, 6) is 1.15. The number of halogens is 1. The largest absolute Gasteiger partial charge is 0.366 e. The standard InChI is InChI=1S/C25H27ClN6O2S/c1-32-12-9-17(10-13-32)22-14-20-19(8-11-28-25(20)30-22)24-21(26)6-7-23(31-24)29-15-16-2-4-18(5-3-16)35(27,33)34/h2-8,11,14,17H,9-10,12-13,15H2,1H3,(H,28,30)(H,29,31)(H2,27,33,34). The molecule has 0 unspecified atom stereocenters. The number of rotatable bonds is 6. The summed E-state index contributed by atoms with van der Waals surface area (Å²) < 4.78 is 22.9. The predicted molar refractivity (Wildman–Crippen MR) is 139 cm³/mol. The molecular weight excluding hydrogens is 484 g/mol. The Morgan fingerprint density at radius 3 is 2.60 bits per heavy atom. The molecule has 1 aliphatic heterocycles. The number of aromatic nitrogens is 3. The van der Waals surface area contributed by atoms with Crippen LogP contribution in [0.5, 0.6) is 0 Å². The minimum atomic E-state index is -3.71. The van der Waals surface area contributed by atoms with Crippen LogP contribution in [0.15, 0.2) is 59.6 Å². The second-order valence-electron chi connectivity index (χ2n) is 8.99. The van der Waals surface area contributed by atoms with E-state index in [1.807, 2.05) is 18.2 Å². The van der Waals surface area contributed by atoms with Gasteiger partial charge in [-0.3, -0.25) is 0 Å². The molecule has 35 heavy (non-hydrogen) atoms. The molecule has 1 aromatic carbocycles. The van der Waals surface area contributed by atoms with Gasteiger partial charge in [0.25, 0.3) is 0 Å². The van der Waals surface area contributed by atoms with E-state index in [1.165, 1.54) is 17.8 Å². The molecule has 0 atom stereocenters. The van der Waals surface area contributed by atoms with Crippen molar-refractivity contribution in [3.8, 4) is 11.3 Å². The second kappa shape index (κ2) is 9.58. The summed E-state index contributed by atoms with van der Waals surface area (Å²) in [6.45, 7) is 2.65. The summed E-state index contributed by atoms with van der Waals surface area (Å²) in [4.78, 5) is 15.3. The van der Waals surface area contributed by atoms with Gasteiger partial charge in [-0.25, -0.2) is 23.5 Å². The van der Waals surface area contributed by atoms with Crippen molar-refractivity contribution in [3.63, 3.8) is 0 Å². The van der Waals surface area contributed by atoms with E-state index in [9.17, 15) is 8.42 Å². The van der Waals surface area contributed by atoms with E-state index < -0.39 is 10.0 Å². The summed E-state index contributed by atoms with van der Waals surface area (Å²) in [5, 5.41) is 10.0. The van der Waals surface area contributed by atoms with Crippen molar-refractivity contribution in [3.05, 3.63) is 71.0 Å². The molecule has 0 bridgehead atoms. The molecule has 8 nitrogen and oxygen atoms in total. The van der Waals surface area contributed by atoms with Crippen LogP contribution in [0.2, 0.25) is 5.02 Å². The van der Waals surface area contributed by atoms with Gasteiger partial charge in [-0.15, -0.1) is 0 Å². The highest BCUT2D eigenvalue weighted by Crippen LogP contribution is 2.35. The number of pyridine rings is 2. The van der Waals surface area contributed by atoms with E-state index in [4.69, 9.17) is 21.7 Å². The highest BCUT2D eigenvalue weighted by Gasteiger charge is 2.21. The van der Waals surface area contributed by atoms with E-state index >= 15 is 0 Å². The number of H-pyrrole nitrogens is 1. The maximum absolute atomic E-state index is 11.5. The monoisotopic (exact) mass is 510 g/mol. The van der Waals surface area contributed by atoms with E-state index in [0.29, 0.717) is 29.0 Å². The normalized spacial score (nSPS) is 15.5. The fourth-order valence-corrected chi connectivity index (χ4v) is 5.23. The van der Waals surface area contributed by atoms with Gasteiger partial charge in [0.1, 0.15) is 11.5 Å².